The zero-order valence-corrected chi connectivity index (χ0v) is 20.8. The van der Waals surface area contributed by atoms with Crippen LogP contribution in [0.25, 0.3) is 5.57 Å². The second-order valence-corrected chi connectivity index (χ2v) is 10.2. The molecule has 3 aromatic rings. The molecule has 0 radical (unpaired) electrons. The van der Waals surface area contributed by atoms with Crippen LogP contribution in [0, 0.1) is 11.6 Å². The molecule has 0 amide bonds. The van der Waals surface area contributed by atoms with Gasteiger partial charge in [-0.05, 0) is 73.3 Å². The maximum absolute atomic E-state index is 13.6. The lowest BCUT2D eigenvalue weighted by Gasteiger charge is -2.35. The summed E-state index contributed by atoms with van der Waals surface area (Å²) in [6.07, 6.45) is 5.03. The molecule has 5 rings (SSSR count). The van der Waals surface area contributed by atoms with Crippen molar-refractivity contribution in [3.63, 3.8) is 0 Å². The van der Waals surface area contributed by atoms with Gasteiger partial charge in [-0.3, -0.25) is 4.90 Å². The number of nitrogens with zero attached hydrogens (tertiary/aromatic N) is 4. The zero-order valence-electron chi connectivity index (χ0n) is 20.0. The van der Waals surface area contributed by atoms with Crippen LogP contribution in [-0.2, 0) is 0 Å². The van der Waals surface area contributed by atoms with Gasteiger partial charge in [0, 0.05) is 50.8 Å². The number of thiazole rings is 1. The number of piperidine rings is 1. The van der Waals surface area contributed by atoms with Crippen molar-refractivity contribution in [1.29, 1.82) is 0 Å². The van der Waals surface area contributed by atoms with Crippen LogP contribution in [-0.4, -0.2) is 67.1 Å². The SMILES string of the molecule is Fc1ccc(C(=C2CCN(CCCN3CCN(c4nccs4)CC3)CC2)c2ccc(F)cc2)cc1. The van der Waals surface area contributed by atoms with Gasteiger partial charge < -0.3 is 9.80 Å². The highest BCUT2D eigenvalue weighted by atomic mass is 32.1. The Morgan fingerprint density at radius 1 is 0.743 bits per heavy atom. The molecule has 2 fully saturated rings. The first kappa shape index (κ1) is 24.1. The summed E-state index contributed by atoms with van der Waals surface area (Å²) < 4.78 is 27.1. The fourth-order valence-corrected chi connectivity index (χ4v) is 5.85. The fourth-order valence-electron chi connectivity index (χ4n) is 5.16. The third-order valence-electron chi connectivity index (χ3n) is 7.09. The normalized spacial score (nSPS) is 17.7. The monoisotopic (exact) mass is 494 g/mol. The van der Waals surface area contributed by atoms with Gasteiger partial charge in [-0.15, -0.1) is 11.3 Å². The van der Waals surface area contributed by atoms with E-state index in [9.17, 15) is 8.78 Å². The molecule has 2 saturated heterocycles. The van der Waals surface area contributed by atoms with Gasteiger partial charge in [0.25, 0.3) is 0 Å². The van der Waals surface area contributed by atoms with E-state index < -0.39 is 0 Å². The van der Waals surface area contributed by atoms with Crippen LogP contribution in [0.3, 0.4) is 0 Å². The Bertz CT molecular complexity index is 1050. The summed E-state index contributed by atoms with van der Waals surface area (Å²) in [4.78, 5) is 12.0. The molecular weight excluding hydrogens is 462 g/mol. The lowest BCUT2D eigenvalue weighted by Crippen LogP contribution is -2.47. The summed E-state index contributed by atoms with van der Waals surface area (Å²) in [6, 6.07) is 13.4. The third-order valence-corrected chi connectivity index (χ3v) is 7.92. The molecule has 4 nitrogen and oxygen atoms in total. The number of halogens is 2. The standard InChI is InChI=1S/C28H32F2N4S/c29-25-6-2-22(3-7-25)27(23-4-8-26(30)9-5-23)24-10-15-32(16-11-24)13-1-14-33-17-19-34(20-18-33)28-31-12-21-35-28/h2-9,12,21H,1,10-11,13-20H2. The Labute approximate surface area is 210 Å². The summed E-state index contributed by atoms with van der Waals surface area (Å²) in [5.74, 6) is -0.478. The second-order valence-electron chi connectivity index (χ2n) is 9.33. The quantitative estimate of drug-likeness (QED) is 0.431. The first-order chi connectivity index (χ1) is 17.2. The number of likely N-dealkylation sites (tertiary alicyclic amines) is 1. The summed E-state index contributed by atoms with van der Waals surface area (Å²) in [5, 5.41) is 3.19. The van der Waals surface area contributed by atoms with E-state index in [2.05, 4.69) is 19.7 Å². The zero-order chi connectivity index (χ0) is 24.0. The topological polar surface area (TPSA) is 22.6 Å². The molecule has 0 N–H and O–H groups in total. The molecule has 0 spiro atoms. The van der Waals surface area contributed by atoms with Gasteiger partial charge in [-0.1, -0.05) is 29.8 Å². The van der Waals surface area contributed by atoms with Crippen molar-refractivity contribution in [3.8, 4) is 0 Å². The number of aromatic nitrogens is 1. The molecule has 2 aliphatic heterocycles. The van der Waals surface area contributed by atoms with Crippen LogP contribution < -0.4 is 4.90 Å². The first-order valence-corrected chi connectivity index (χ1v) is 13.4. The lowest BCUT2D eigenvalue weighted by atomic mass is 9.88. The summed E-state index contributed by atoms with van der Waals surface area (Å²) >= 11 is 1.72. The van der Waals surface area contributed by atoms with Crippen LogP contribution in [0.1, 0.15) is 30.4 Å². The molecule has 0 atom stereocenters. The molecule has 35 heavy (non-hydrogen) atoms. The van der Waals surface area contributed by atoms with Gasteiger partial charge in [-0.25, -0.2) is 13.8 Å². The van der Waals surface area contributed by atoms with Crippen molar-refractivity contribution in [3.05, 3.63) is 88.4 Å². The number of benzene rings is 2. The van der Waals surface area contributed by atoms with Gasteiger partial charge in [0.15, 0.2) is 5.13 Å². The van der Waals surface area contributed by atoms with Crippen molar-refractivity contribution >= 4 is 22.0 Å². The molecular formula is C28H32F2N4S. The predicted molar refractivity (Wildman–Crippen MR) is 140 cm³/mol. The van der Waals surface area contributed by atoms with E-state index in [1.165, 1.54) is 36.3 Å². The van der Waals surface area contributed by atoms with E-state index in [-0.39, 0.29) is 11.6 Å². The maximum Gasteiger partial charge on any atom is 0.185 e. The van der Waals surface area contributed by atoms with Crippen molar-refractivity contribution in [1.82, 2.24) is 14.8 Å². The van der Waals surface area contributed by atoms with Gasteiger partial charge in [0.2, 0.25) is 0 Å². The van der Waals surface area contributed by atoms with Crippen LogP contribution in [0.15, 0.2) is 65.7 Å². The molecule has 0 aliphatic carbocycles. The van der Waals surface area contributed by atoms with Crippen molar-refractivity contribution in [2.75, 3.05) is 57.3 Å². The number of rotatable bonds is 7. The highest BCUT2D eigenvalue weighted by molar-refractivity contribution is 7.13. The average Bonchev–Trinajstić information content (AvgIpc) is 3.43. The first-order valence-electron chi connectivity index (χ1n) is 12.5. The average molecular weight is 495 g/mol. The minimum atomic E-state index is -0.239. The van der Waals surface area contributed by atoms with Crippen LogP contribution in [0.5, 0.6) is 0 Å². The number of piperazine rings is 1. The highest BCUT2D eigenvalue weighted by Gasteiger charge is 2.21. The molecule has 0 unspecified atom stereocenters. The fraction of sp³-hybridized carbons (Fsp3) is 0.393. The van der Waals surface area contributed by atoms with Crippen LogP contribution in [0.4, 0.5) is 13.9 Å². The van der Waals surface area contributed by atoms with Gasteiger partial charge in [0.1, 0.15) is 11.6 Å². The van der Waals surface area contributed by atoms with Crippen molar-refractivity contribution in [2.45, 2.75) is 19.3 Å². The van der Waals surface area contributed by atoms with Gasteiger partial charge in [-0.2, -0.15) is 0 Å². The minimum Gasteiger partial charge on any atom is -0.346 e. The Morgan fingerprint density at radius 3 is 1.80 bits per heavy atom. The molecule has 0 saturated carbocycles. The summed E-state index contributed by atoms with van der Waals surface area (Å²) in [7, 11) is 0. The van der Waals surface area contributed by atoms with Gasteiger partial charge in [0.05, 0.1) is 0 Å². The number of hydrogen-bond donors (Lipinski definition) is 0. The Balaban J connectivity index is 1.15. The largest absolute Gasteiger partial charge is 0.346 e. The lowest BCUT2D eigenvalue weighted by molar-refractivity contribution is 0.212. The van der Waals surface area contributed by atoms with Crippen LogP contribution in [0.2, 0.25) is 0 Å². The maximum atomic E-state index is 13.6. The van der Waals surface area contributed by atoms with E-state index in [1.54, 1.807) is 11.3 Å². The van der Waals surface area contributed by atoms with E-state index >= 15 is 0 Å². The van der Waals surface area contributed by atoms with E-state index in [4.69, 9.17) is 0 Å². The van der Waals surface area contributed by atoms with E-state index in [0.29, 0.717) is 0 Å². The smallest absolute Gasteiger partial charge is 0.185 e. The van der Waals surface area contributed by atoms with Crippen LogP contribution >= 0.6 is 11.3 Å². The van der Waals surface area contributed by atoms with E-state index in [1.807, 2.05) is 35.8 Å². The third kappa shape index (κ3) is 6.15. The molecule has 3 heterocycles. The Morgan fingerprint density at radius 2 is 1.29 bits per heavy atom. The van der Waals surface area contributed by atoms with Crippen molar-refractivity contribution < 1.29 is 8.78 Å². The molecule has 2 aromatic carbocycles. The second kappa shape index (κ2) is 11.4. The van der Waals surface area contributed by atoms with E-state index in [0.717, 1.165) is 87.0 Å². The Hall–Kier alpha value is -2.61. The molecule has 7 heteroatoms. The summed E-state index contributed by atoms with van der Waals surface area (Å²) in [6.45, 7) is 8.63. The Kier molecular flexibility index (Phi) is 7.86. The summed E-state index contributed by atoms with van der Waals surface area (Å²) in [5.41, 5.74) is 4.50. The number of anilines is 1. The van der Waals surface area contributed by atoms with Gasteiger partial charge >= 0.3 is 0 Å². The predicted octanol–water partition coefficient (Wildman–Crippen LogP) is 5.53. The molecule has 2 aliphatic rings. The molecule has 0 bridgehead atoms. The van der Waals surface area contributed by atoms with Crippen molar-refractivity contribution in [2.24, 2.45) is 0 Å². The highest BCUT2D eigenvalue weighted by Crippen LogP contribution is 2.32. The number of hydrogen-bond acceptors (Lipinski definition) is 5. The minimum absolute atomic E-state index is 0.239. The molecule has 1 aromatic heterocycles. The molecule has 184 valence electrons.